The average molecular weight is 403 g/mol. The quantitative estimate of drug-likeness (QED) is 0.744. The lowest BCUT2D eigenvalue weighted by atomic mass is 10.2. The standard InChI is InChI=1S/C21H26N2O4S/c1-15-5-8-18(9-6-15)28(25,26)20-12-16(2)7-10-19(20)22-14-21(24)23-13-17-4-3-11-27-17/h5-10,12,17,22H,3-4,11,13-14H2,1-2H3,(H,23,24). The molecule has 3 rings (SSSR count). The van der Waals surface area contributed by atoms with E-state index in [1.165, 1.54) is 0 Å². The number of nitrogens with one attached hydrogen (secondary N) is 2. The highest BCUT2D eigenvalue weighted by Gasteiger charge is 2.22. The molecule has 150 valence electrons. The zero-order valence-corrected chi connectivity index (χ0v) is 17.0. The molecule has 1 aliphatic heterocycles. The van der Waals surface area contributed by atoms with Gasteiger partial charge in [0.1, 0.15) is 0 Å². The summed E-state index contributed by atoms with van der Waals surface area (Å²) in [4.78, 5) is 12.5. The Kier molecular flexibility index (Phi) is 6.36. The molecule has 0 saturated carbocycles. The summed E-state index contributed by atoms with van der Waals surface area (Å²) in [7, 11) is -3.70. The van der Waals surface area contributed by atoms with Crippen LogP contribution >= 0.6 is 0 Å². The van der Waals surface area contributed by atoms with Gasteiger partial charge < -0.3 is 15.4 Å². The van der Waals surface area contributed by atoms with E-state index in [9.17, 15) is 13.2 Å². The monoisotopic (exact) mass is 402 g/mol. The van der Waals surface area contributed by atoms with E-state index in [0.29, 0.717) is 12.2 Å². The summed E-state index contributed by atoms with van der Waals surface area (Å²) >= 11 is 0. The van der Waals surface area contributed by atoms with Gasteiger partial charge in [0.25, 0.3) is 0 Å². The number of carbonyl (C=O) groups is 1. The first-order valence-electron chi connectivity index (χ1n) is 9.41. The highest BCUT2D eigenvalue weighted by Crippen LogP contribution is 2.29. The Balaban J connectivity index is 1.73. The van der Waals surface area contributed by atoms with Gasteiger partial charge in [0.05, 0.1) is 28.1 Å². The van der Waals surface area contributed by atoms with Gasteiger partial charge in [-0.25, -0.2) is 8.42 Å². The first kappa shape index (κ1) is 20.4. The predicted molar refractivity (Wildman–Crippen MR) is 108 cm³/mol. The SMILES string of the molecule is Cc1ccc(S(=O)(=O)c2cc(C)ccc2NCC(=O)NCC2CCCO2)cc1. The van der Waals surface area contributed by atoms with Crippen molar-refractivity contribution in [3.05, 3.63) is 53.6 Å². The maximum atomic E-state index is 13.1. The van der Waals surface area contributed by atoms with Crippen LogP contribution in [0.15, 0.2) is 52.3 Å². The summed E-state index contributed by atoms with van der Waals surface area (Å²) in [6.07, 6.45) is 2.04. The summed E-state index contributed by atoms with van der Waals surface area (Å²) < 4.78 is 31.7. The summed E-state index contributed by atoms with van der Waals surface area (Å²) in [6.45, 7) is 4.95. The van der Waals surface area contributed by atoms with Crippen LogP contribution in [-0.4, -0.2) is 40.1 Å². The third-order valence-corrected chi connectivity index (χ3v) is 6.56. The van der Waals surface area contributed by atoms with Crippen LogP contribution in [0, 0.1) is 13.8 Å². The lowest BCUT2D eigenvalue weighted by molar-refractivity contribution is -0.119. The van der Waals surface area contributed by atoms with Crippen LogP contribution in [0.5, 0.6) is 0 Å². The van der Waals surface area contributed by atoms with E-state index in [-0.39, 0.29) is 28.3 Å². The summed E-state index contributed by atoms with van der Waals surface area (Å²) in [5.74, 6) is -0.199. The number of hydrogen-bond donors (Lipinski definition) is 2. The second kappa shape index (κ2) is 8.75. The number of anilines is 1. The number of benzene rings is 2. The van der Waals surface area contributed by atoms with E-state index in [4.69, 9.17) is 4.74 Å². The molecule has 0 aliphatic carbocycles. The van der Waals surface area contributed by atoms with Gasteiger partial charge in [-0.15, -0.1) is 0 Å². The van der Waals surface area contributed by atoms with Crippen LogP contribution in [0.2, 0.25) is 0 Å². The molecule has 2 aromatic carbocycles. The summed E-state index contributed by atoms with van der Waals surface area (Å²) in [6, 6.07) is 11.9. The molecule has 1 fully saturated rings. The number of carbonyl (C=O) groups excluding carboxylic acids is 1. The number of rotatable bonds is 7. The van der Waals surface area contributed by atoms with Gasteiger partial charge in [-0.3, -0.25) is 4.79 Å². The first-order chi connectivity index (χ1) is 13.4. The van der Waals surface area contributed by atoms with Crippen molar-refractivity contribution in [2.75, 3.05) is 25.0 Å². The molecule has 1 unspecified atom stereocenters. The molecule has 2 aromatic rings. The summed E-state index contributed by atoms with van der Waals surface area (Å²) in [5, 5.41) is 5.80. The lowest BCUT2D eigenvalue weighted by Crippen LogP contribution is -2.35. The van der Waals surface area contributed by atoms with Crippen molar-refractivity contribution in [1.82, 2.24) is 5.32 Å². The fraction of sp³-hybridized carbons (Fsp3) is 0.381. The third-order valence-electron chi connectivity index (χ3n) is 4.75. The van der Waals surface area contributed by atoms with E-state index < -0.39 is 9.84 Å². The largest absolute Gasteiger partial charge is 0.376 e. The second-order valence-corrected chi connectivity index (χ2v) is 9.03. The van der Waals surface area contributed by atoms with Gasteiger partial charge in [0.2, 0.25) is 15.7 Å². The van der Waals surface area contributed by atoms with Crippen molar-refractivity contribution >= 4 is 21.4 Å². The molecule has 0 radical (unpaired) electrons. The summed E-state index contributed by atoms with van der Waals surface area (Å²) in [5.41, 5.74) is 2.24. The van der Waals surface area contributed by atoms with E-state index in [2.05, 4.69) is 10.6 Å². The van der Waals surface area contributed by atoms with E-state index in [0.717, 1.165) is 30.6 Å². The van der Waals surface area contributed by atoms with Crippen LogP contribution in [0.1, 0.15) is 24.0 Å². The van der Waals surface area contributed by atoms with Crippen LogP contribution in [0.3, 0.4) is 0 Å². The van der Waals surface area contributed by atoms with Crippen molar-refractivity contribution in [2.24, 2.45) is 0 Å². The number of sulfone groups is 1. The van der Waals surface area contributed by atoms with Crippen LogP contribution in [0.4, 0.5) is 5.69 Å². The van der Waals surface area contributed by atoms with Crippen molar-refractivity contribution in [3.8, 4) is 0 Å². The smallest absolute Gasteiger partial charge is 0.239 e. The van der Waals surface area contributed by atoms with Crippen molar-refractivity contribution in [3.63, 3.8) is 0 Å². The topological polar surface area (TPSA) is 84.5 Å². The fourth-order valence-corrected chi connectivity index (χ4v) is 4.63. The van der Waals surface area contributed by atoms with Crippen molar-refractivity contribution in [2.45, 2.75) is 42.6 Å². The number of hydrogen-bond acceptors (Lipinski definition) is 5. The van der Waals surface area contributed by atoms with Gasteiger partial charge in [-0.1, -0.05) is 23.8 Å². The molecule has 28 heavy (non-hydrogen) atoms. The normalized spacial score (nSPS) is 16.7. The van der Waals surface area contributed by atoms with E-state index in [1.54, 1.807) is 36.4 Å². The number of amides is 1. The van der Waals surface area contributed by atoms with Gasteiger partial charge in [-0.05, 0) is 56.5 Å². The molecular weight excluding hydrogens is 376 g/mol. The molecule has 0 bridgehead atoms. The van der Waals surface area contributed by atoms with Gasteiger partial charge >= 0.3 is 0 Å². The second-order valence-electron chi connectivity index (χ2n) is 7.11. The molecule has 1 heterocycles. The Morgan fingerprint density at radius 1 is 1.11 bits per heavy atom. The minimum Gasteiger partial charge on any atom is -0.376 e. The maximum Gasteiger partial charge on any atom is 0.239 e. The molecule has 0 spiro atoms. The molecule has 1 aliphatic rings. The number of aryl methyl sites for hydroxylation is 2. The molecular formula is C21H26N2O4S. The van der Waals surface area contributed by atoms with Crippen LogP contribution < -0.4 is 10.6 Å². The zero-order chi connectivity index (χ0) is 20.1. The van der Waals surface area contributed by atoms with Gasteiger partial charge in [0.15, 0.2) is 0 Å². The minimum atomic E-state index is -3.70. The Hall–Kier alpha value is -2.38. The Morgan fingerprint density at radius 2 is 1.82 bits per heavy atom. The maximum absolute atomic E-state index is 13.1. The van der Waals surface area contributed by atoms with Crippen LogP contribution in [-0.2, 0) is 19.4 Å². The predicted octanol–water partition coefficient (Wildman–Crippen LogP) is 2.84. The first-order valence-corrected chi connectivity index (χ1v) is 10.9. The van der Waals surface area contributed by atoms with E-state index in [1.807, 2.05) is 19.9 Å². The molecule has 0 aromatic heterocycles. The Labute approximate surface area is 166 Å². The van der Waals surface area contributed by atoms with E-state index >= 15 is 0 Å². The third kappa shape index (κ3) is 4.91. The van der Waals surface area contributed by atoms with Gasteiger partial charge in [0, 0.05) is 13.2 Å². The molecule has 2 N–H and O–H groups in total. The molecule has 7 heteroatoms. The average Bonchev–Trinajstić information content (AvgIpc) is 3.19. The molecule has 1 saturated heterocycles. The Morgan fingerprint density at radius 3 is 2.50 bits per heavy atom. The molecule has 6 nitrogen and oxygen atoms in total. The number of ether oxygens (including phenoxy) is 1. The van der Waals surface area contributed by atoms with Crippen LogP contribution in [0.25, 0.3) is 0 Å². The van der Waals surface area contributed by atoms with Crippen molar-refractivity contribution < 1.29 is 17.9 Å². The highest BCUT2D eigenvalue weighted by molar-refractivity contribution is 7.91. The van der Waals surface area contributed by atoms with Crippen molar-refractivity contribution in [1.29, 1.82) is 0 Å². The molecule has 1 amide bonds. The molecule has 1 atom stereocenters. The highest BCUT2D eigenvalue weighted by atomic mass is 32.2. The lowest BCUT2D eigenvalue weighted by Gasteiger charge is -2.15. The fourth-order valence-electron chi connectivity index (χ4n) is 3.11. The minimum absolute atomic E-state index is 0.00774. The Bertz CT molecular complexity index is 933. The zero-order valence-electron chi connectivity index (χ0n) is 16.2. The van der Waals surface area contributed by atoms with Gasteiger partial charge in [-0.2, -0.15) is 0 Å².